The molecule has 1 heterocycles. The molecule has 0 aliphatic carbocycles. The lowest BCUT2D eigenvalue weighted by Crippen LogP contribution is -2.14. The van der Waals surface area contributed by atoms with Gasteiger partial charge in [0.05, 0.1) is 6.54 Å². The lowest BCUT2D eigenvalue weighted by molar-refractivity contribution is 0.314. The van der Waals surface area contributed by atoms with E-state index in [2.05, 4.69) is 18.8 Å². The molecule has 2 heteroatoms. The first-order valence-electron chi connectivity index (χ1n) is 6.05. The first-order valence-corrected chi connectivity index (χ1v) is 6.05. The monoisotopic (exact) mass is 197 g/mol. The highest BCUT2D eigenvalue weighted by Crippen LogP contribution is 2.18. The molecule has 0 radical (unpaired) electrons. The van der Waals surface area contributed by atoms with Gasteiger partial charge in [0.2, 0.25) is 0 Å². The summed E-state index contributed by atoms with van der Waals surface area (Å²) in [7, 11) is 0. The lowest BCUT2D eigenvalue weighted by Gasteiger charge is -2.13. The topological polar surface area (TPSA) is 21.6 Å². The summed E-state index contributed by atoms with van der Waals surface area (Å²) < 4.78 is 5.51. The molecule has 0 saturated heterocycles. The minimum absolute atomic E-state index is 0.592. The molecule has 0 N–H and O–H groups in total. The van der Waals surface area contributed by atoms with Crippen molar-refractivity contribution >= 4 is 5.90 Å². The molecule has 1 rings (SSSR count). The van der Waals surface area contributed by atoms with Crippen molar-refractivity contribution in [1.82, 2.24) is 0 Å². The predicted octanol–water partition coefficient (Wildman–Crippen LogP) is 3.41. The Bertz CT molecular complexity index is 177. The van der Waals surface area contributed by atoms with E-state index >= 15 is 0 Å². The predicted molar refractivity (Wildman–Crippen MR) is 60.8 cm³/mol. The molecule has 1 unspecified atom stereocenters. The Labute approximate surface area is 87.8 Å². The van der Waals surface area contributed by atoms with E-state index in [1.807, 2.05) is 0 Å². The smallest absolute Gasteiger partial charge is 0.186 e. The maximum Gasteiger partial charge on any atom is 0.186 e. The van der Waals surface area contributed by atoms with Gasteiger partial charge >= 0.3 is 0 Å². The molecule has 1 atom stereocenters. The molecule has 2 nitrogen and oxygen atoms in total. The standard InChI is InChI=1S/C12H23NO/c1-3-5-6-7-8-11(4-2)12-13-9-10-14-12/h11H,3-10H2,1-2H3. The maximum atomic E-state index is 5.51. The van der Waals surface area contributed by atoms with Crippen LogP contribution in [0.15, 0.2) is 4.99 Å². The van der Waals surface area contributed by atoms with Gasteiger partial charge in [-0.15, -0.1) is 0 Å². The van der Waals surface area contributed by atoms with Crippen molar-refractivity contribution in [1.29, 1.82) is 0 Å². The van der Waals surface area contributed by atoms with Gasteiger partial charge in [-0.05, 0) is 12.8 Å². The fourth-order valence-electron chi connectivity index (χ4n) is 1.92. The van der Waals surface area contributed by atoms with Crippen LogP contribution in [0.4, 0.5) is 0 Å². The molecule has 0 spiro atoms. The summed E-state index contributed by atoms with van der Waals surface area (Å²) in [6, 6.07) is 0. The van der Waals surface area contributed by atoms with Crippen LogP contribution >= 0.6 is 0 Å². The molecular weight excluding hydrogens is 174 g/mol. The third-order valence-corrected chi connectivity index (χ3v) is 2.86. The summed E-state index contributed by atoms with van der Waals surface area (Å²) in [4.78, 5) is 4.40. The first-order chi connectivity index (χ1) is 6.88. The summed E-state index contributed by atoms with van der Waals surface area (Å²) in [6.45, 7) is 6.16. The van der Waals surface area contributed by atoms with Crippen molar-refractivity contribution < 1.29 is 4.74 Å². The van der Waals surface area contributed by atoms with Crippen molar-refractivity contribution in [2.45, 2.75) is 52.4 Å². The quantitative estimate of drug-likeness (QED) is 0.573. The summed E-state index contributed by atoms with van der Waals surface area (Å²) >= 11 is 0. The molecular formula is C12H23NO. The third-order valence-electron chi connectivity index (χ3n) is 2.86. The van der Waals surface area contributed by atoms with Crippen molar-refractivity contribution in [3.05, 3.63) is 0 Å². The van der Waals surface area contributed by atoms with Crippen LogP contribution in [0, 0.1) is 5.92 Å². The average molecular weight is 197 g/mol. The SMILES string of the molecule is CCCCCCC(CC)C1=NCCO1. The highest BCUT2D eigenvalue weighted by atomic mass is 16.5. The van der Waals surface area contributed by atoms with Crippen LogP contribution in [0.25, 0.3) is 0 Å². The number of rotatable bonds is 7. The zero-order valence-electron chi connectivity index (χ0n) is 9.59. The van der Waals surface area contributed by atoms with Crippen LogP contribution in [0.2, 0.25) is 0 Å². The molecule has 0 aromatic rings. The number of ether oxygens (including phenoxy) is 1. The van der Waals surface area contributed by atoms with E-state index < -0.39 is 0 Å². The van der Waals surface area contributed by atoms with Gasteiger partial charge < -0.3 is 4.74 Å². The van der Waals surface area contributed by atoms with Gasteiger partial charge in [0.25, 0.3) is 0 Å². The van der Waals surface area contributed by atoms with Gasteiger partial charge in [-0.3, -0.25) is 4.99 Å². The maximum absolute atomic E-state index is 5.51. The Morgan fingerprint density at radius 1 is 1.29 bits per heavy atom. The Kier molecular flexibility index (Phi) is 5.65. The second kappa shape index (κ2) is 6.86. The Morgan fingerprint density at radius 2 is 2.14 bits per heavy atom. The highest BCUT2D eigenvalue weighted by Gasteiger charge is 2.18. The molecule has 1 aliphatic heterocycles. The second-order valence-corrected chi connectivity index (χ2v) is 4.02. The van der Waals surface area contributed by atoms with Crippen molar-refractivity contribution in [2.24, 2.45) is 10.9 Å². The third kappa shape index (κ3) is 3.69. The number of hydrogen-bond acceptors (Lipinski definition) is 2. The van der Waals surface area contributed by atoms with E-state index in [1.165, 1.54) is 38.5 Å². The van der Waals surface area contributed by atoms with E-state index in [0.29, 0.717) is 5.92 Å². The molecule has 0 aromatic carbocycles. The van der Waals surface area contributed by atoms with Crippen LogP contribution in [0.5, 0.6) is 0 Å². The number of unbranched alkanes of at least 4 members (excludes halogenated alkanes) is 3. The molecule has 0 bridgehead atoms. The molecule has 0 fully saturated rings. The van der Waals surface area contributed by atoms with Gasteiger partial charge in [-0.1, -0.05) is 39.5 Å². The van der Waals surface area contributed by atoms with E-state index in [4.69, 9.17) is 4.74 Å². The highest BCUT2D eigenvalue weighted by molar-refractivity contribution is 5.79. The average Bonchev–Trinajstić information content (AvgIpc) is 2.71. The Morgan fingerprint density at radius 3 is 2.71 bits per heavy atom. The van der Waals surface area contributed by atoms with E-state index in [1.54, 1.807) is 0 Å². The van der Waals surface area contributed by atoms with E-state index in [9.17, 15) is 0 Å². The Hall–Kier alpha value is -0.530. The summed E-state index contributed by atoms with van der Waals surface area (Å²) in [5.74, 6) is 1.62. The summed E-state index contributed by atoms with van der Waals surface area (Å²) in [5, 5.41) is 0. The Balaban J connectivity index is 2.18. The molecule has 14 heavy (non-hydrogen) atoms. The van der Waals surface area contributed by atoms with Crippen molar-refractivity contribution in [3.63, 3.8) is 0 Å². The van der Waals surface area contributed by atoms with Gasteiger partial charge in [-0.2, -0.15) is 0 Å². The molecule has 0 amide bonds. The molecule has 0 aromatic heterocycles. The minimum atomic E-state index is 0.592. The largest absolute Gasteiger partial charge is 0.479 e. The summed E-state index contributed by atoms with van der Waals surface area (Å²) in [6.07, 6.45) is 7.80. The van der Waals surface area contributed by atoms with Crippen molar-refractivity contribution in [2.75, 3.05) is 13.2 Å². The van der Waals surface area contributed by atoms with Gasteiger partial charge in [0, 0.05) is 5.92 Å². The lowest BCUT2D eigenvalue weighted by atomic mass is 9.98. The summed E-state index contributed by atoms with van der Waals surface area (Å²) in [5.41, 5.74) is 0. The van der Waals surface area contributed by atoms with E-state index in [-0.39, 0.29) is 0 Å². The van der Waals surface area contributed by atoms with Gasteiger partial charge in [0.15, 0.2) is 5.90 Å². The van der Waals surface area contributed by atoms with E-state index in [0.717, 1.165) is 19.0 Å². The zero-order chi connectivity index (χ0) is 10.2. The zero-order valence-corrected chi connectivity index (χ0v) is 9.59. The van der Waals surface area contributed by atoms with Gasteiger partial charge in [0.1, 0.15) is 6.61 Å². The van der Waals surface area contributed by atoms with Crippen LogP contribution in [-0.4, -0.2) is 19.0 Å². The normalized spacial score (nSPS) is 17.7. The number of aliphatic imine (C=N–C) groups is 1. The minimum Gasteiger partial charge on any atom is -0.479 e. The fourth-order valence-corrected chi connectivity index (χ4v) is 1.92. The molecule has 0 saturated carbocycles. The van der Waals surface area contributed by atoms with Crippen molar-refractivity contribution in [3.8, 4) is 0 Å². The second-order valence-electron chi connectivity index (χ2n) is 4.02. The van der Waals surface area contributed by atoms with Crippen LogP contribution in [-0.2, 0) is 4.74 Å². The first kappa shape index (κ1) is 11.5. The van der Waals surface area contributed by atoms with Crippen LogP contribution in [0.1, 0.15) is 52.4 Å². The fraction of sp³-hybridized carbons (Fsp3) is 0.917. The number of nitrogens with zero attached hydrogens (tertiary/aromatic N) is 1. The molecule has 1 aliphatic rings. The number of hydrogen-bond donors (Lipinski definition) is 0. The van der Waals surface area contributed by atoms with Crippen LogP contribution < -0.4 is 0 Å². The van der Waals surface area contributed by atoms with Gasteiger partial charge in [-0.25, -0.2) is 0 Å². The molecule has 82 valence electrons. The van der Waals surface area contributed by atoms with Crippen LogP contribution in [0.3, 0.4) is 0 Å².